The molecule has 1 rings (SSSR count). The highest BCUT2D eigenvalue weighted by Gasteiger charge is 2.32. The second-order valence-electron chi connectivity index (χ2n) is 3.89. The Hall–Kier alpha value is -0.120. The largest absolute Gasteiger partial charge is 0.395 e. The second kappa shape index (κ2) is 5.58. The predicted molar refractivity (Wildman–Crippen MR) is 54.6 cm³/mol. The van der Waals surface area contributed by atoms with E-state index in [4.69, 9.17) is 10.8 Å². The molecule has 0 bridgehead atoms. The highest BCUT2D eigenvalue weighted by atomic mass is 16.3. The molecular weight excluding hydrogens is 164 g/mol. The maximum Gasteiger partial charge on any atom is 0.0599 e. The SMILES string of the molecule is CCCCN(C(CN)CO)C1CC1. The van der Waals surface area contributed by atoms with Gasteiger partial charge in [0.25, 0.3) is 0 Å². The van der Waals surface area contributed by atoms with Gasteiger partial charge in [-0.05, 0) is 25.8 Å². The summed E-state index contributed by atoms with van der Waals surface area (Å²) in [6.07, 6.45) is 5.01. The summed E-state index contributed by atoms with van der Waals surface area (Å²) in [7, 11) is 0. The predicted octanol–water partition coefficient (Wildman–Crippen LogP) is 0.571. The van der Waals surface area contributed by atoms with Gasteiger partial charge >= 0.3 is 0 Å². The van der Waals surface area contributed by atoms with Crippen LogP contribution in [0.15, 0.2) is 0 Å². The first-order chi connectivity index (χ1) is 6.33. The highest BCUT2D eigenvalue weighted by molar-refractivity contribution is 4.88. The van der Waals surface area contributed by atoms with E-state index in [1.807, 2.05) is 0 Å². The Kier molecular flexibility index (Phi) is 4.70. The van der Waals surface area contributed by atoms with Gasteiger partial charge in [0.05, 0.1) is 6.61 Å². The molecule has 0 aliphatic heterocycles. The summed E-state index contributed by atoms with van der Waals surface area (Å²) in [5.41, 5.74) is 5.62. The van der Waals surface area contributed by atoms with Crippen LogP contribution in [0.1, 0.15) is 32.6 Å². The molecule has 78 valence electrons. The van der Waals surface area contributed by atoms with E-state index >= 15 is 0 Å². The van der Waals surface area contributed by atoms with Crippen molar-refractivity contribution in [1.82, 2.24) is 4.90 Å². The molecule has 1 saturated carbocycles. The quantitative estimate of drug-likeness (QED) is 0.611. The van der Waals surface area contributed by atoms with Crippen molar-refractivity contribution < 1.29 is 5.11 Å². The summed E-state index contributed by atoms with van der Waals surface area (Å²) in [5.74, 6) is 0. The van der Waals surface area contributed by atoms with Crippen molar-refractivity contribution in [3.05, 3.63) is 0 Å². The van der Waals surface area contributed by atoms with Crippen LogP contribution in [-0.4, -0.2) is 41.8 Å². The smallest absolute Gasteiger partial charge is 0.0599 e. The van der Waals surface area contributed by atoms with Crippen molar-refractivity contribution in [3.8, 4) is 0 Å². The van der Waals surface area contributed by atoms with E-state index in [-0.39, 0.29) is 12.6 Å². The van der Waals surface area contributed by atoms with Crippen molar-refractivity contribution in [1.29, 1.82) is 0 Å². The van der Waals surface area contributed by atoms with Crippen LogP contribution in [0.25, 0.3) is 0 Å². The molecule has 3 N–H and O–H groups in total. The fourth-order valence-corrected chi connectivity index (χ4v) is 1.72. The van der Waals surface area contributed by atoms with Gasteiger partial charge in [-0.15, -0.1) is 0 Å². The van der Waals surface area contributed by atoms with Gasteiger partial charge in [-0.1, -0.05) is 13.3 Å². The Bertz CT molecular complexity index is 133. The Balaban J connectivity index is 2.34. The van der Waals surface area contributed by atoms with E-state index in [2.05, 4.69) is 11.8 Å². The molecule has 13 heavy (non-hydrogen) atoms. The van der Waals surface area contributed by atoms with Crippen molar-refractivity contribution in [3.63, 3.8) is 0 Å². The molecule has 1 aliphatic rings. The minimum absolute atomic E-state index is 0.194. The van der Waals surface area contributed by atoms with Crippen LogP contribution in [0.2, 0.25) is 0 Å². The first-order valence-corrected chi connectivity index (χ1v) is 5.40. The average Bonchev–Trinajstić information content (AvgIpc) is 2.95. The Morgan fingerprint density at radius 1 is 1.54 bits per heavy atom. The number of unbranched alkanes of at least 4 members (excludes halogenated alkanes) is 1. The maximum atomic E-state index is 9.15. The number of aliphatic hydroxyl groups is 1. The van der Waals surface area contributed by atoms with Crippen LogP contribution in [0.5, 0.6) is 0 Å². The van der Waals surface area contributed by atoms with Gasteiger partial charge in [0, 0.05) is 18.6 Å². The zero-order valence-corrected chi connectivity index (χ0v) is 8.58. The number of aliphatic hydroxyl groups excluding tert-OH is 1. The fraction of sp³-hybridized carbons (Fsp3) is 1.00. The molecule has 3 heteroatoms. The first kappa shape index (κ1) is 11.0. The van der Waals surface area contributed by atoms with Gasteiger partial charge < -0.3 is 10.8 Å². The van der Waals surface area contributed by atoms with Crippen LogP contribution in [-0.2, 0) is 0 Å². The molecule has 0 spiro atoms. The summed E-state index contributed by atoms with van der Waals surface area (Å²) in [6, 6.07) is 0.909. The van der Waals surface area contributed by atoms with E-state index in [1.54, 1.807) is 0 Å². The number of nitrogens with two attached hydrogens (primary N) is 1. The molecule has 0 heterocycles. The minimum Gasteiger partial charge on any atom is -0.395 e. The van der Waals surface area contributed by atoms with Gasteiger partial charge in [-0.3, -0.25) is 4.90 Å². The Labute approximate surface area is 80.9 Å². The molecule has 1 unspecified atom stereocenters. The third kappa shape index (κ3) is 3.25. The van der Waals surface area contributed by atoms with Crippen LogP contribution >= 0.6 is 0 Å². The van der Waals surface area contributed by atoms with Gasteiger partial charge in [0.15, 0.2) is 0 Å². The number of nitrogens with zero attached hydrogens (tertiary/aromatic N) is 1. The van der Waals surface area contributed by atoms with Crippen molar-refractivity contribution in [2.45, 2.75) is 44.7 Å². The molecule has 1 fully saturated rings. The number of hydrogen-bond acceptors (Lipinski definition) is 3. The molecule has 3 nitrogen and oxygen atoms in total. The highest BCUT2D eigenvalue weighted by Crippen LogP contribution is 2.28. The second-order valence-corrected chi connectivity index (χ2v) is 3.89. The molecule has 0 radical (unpaired) electrons. The van der Waals surface area contributed by atoms with E-state index in [1.165, 1.54) is 25.7 Å². The molecule has 1 atom stereocenters. The van der Waals surface area contributed by atoms with Crippen LogP contribution in [0, 0.1) is 0 Å². The van der Waals surface area contributed by atoms with Crippen molar-refractivity contribution in [2.24, 2.45) is 5.73 Å². The normalized spacial score (nSPS) is 19.4. The molecule has 1 aliphatic carbocycles. The van der Waals surface area contributed by atoms with Gasteiger partial charge in [0.2, 0.25) is 0 Å². The Morgan fingerprint density at radius 3 is 2.62 bits per heavy atom. The lowest BCUT2D eigenvalue weighted by Crippen LogP contribution is -2.45. The summed E-state index contributed by atoms with van der Waals surface area (Å²) >= 11 is 0. The van der Waals surface area contributed by atoms with E-state index in [0.29, 0.717) is 12.6 Å². The van der Waals surface area contributed by atoms with Gasteiger partial charge in [-0.2, -0.15) is 0 Å². The topological polar surface area (TPSA) is 49.5 Å². The van der Waals surface area contributed by atoms with Crippen LogP contribution in [0.3, 0.4) is 0 Å². The van der Waals surface area contributed by atoms with E-state index in [0.717, 1.165) is 6.54 Å². The standard InChI is InChI=1S/C10H22N2O/c1-2-3-6-12(9-4-5-9)10(7-11)8-13/h9-10,13H,2-8,11H2,1H3. The summed E-state index contributed by atoms with van der Waals surface area (Å²) in [6.45, 7) is 4.08. The third-order valence-electron chi connectivity index (χ3n) is 2.74. The summed E-state index contributed by atoms with van der Waals surface area (Å²) in [4.78, 5) is 2.39. The van der Waals surface area contributed by atoms with E-state index < -0.39 is 0 Å². The lowest BCUT2D eigenvalue weighted by molar-refractivity contribution is 0.119. The lowest BCUT2D eigenvalue weighted by Gasteiger charge is -2.29. The fourth-order valence-electron chi connectivity index (χ4n) is 1.72. The molecule has 0 saturated heterocycles. The first-order valence-electron chi connectivity index (χ1n) is 5.40. The molecule has 0 aromatic carbocycles. The van der Waals surface area contributed by atoms with Gasteiger partial charge in [0.1, 0.15) is 0 Å². The Morgan fingerprint density at radius 2 is 2.23 bits per heavy atom. The van der Waals surface area contributed by atoms with Gasteiger partial charge in [-0.25, -0.2) is 0 Å². The lowest BCUT2D eigenvalue weighted by atomic mass is 10.2. The van der Waals surface area contributed by atoms with Crippen LogP contribution in [0.4, 0.5) is 0 Å². The van der Waals surface area contributed by atoms with E-state index in [9.17, 15) is 0 Å². The van der Waals surface area contributed by atoms with Crippen molar-refractivity contribution in [2.75, 3.05) is 19.7 Å². The van der Waals surface area contributed by atoms with Crippen LogP contribution < -0.4 is 5.73 Å². The molecule has 0 aromatic rings. The zero-order chi connectivity index (χ0) is 9.68. The maximum absolute atomic E-state index is 9.15. The third-order valence-corrected chi connectivity index (χ3v) is 2.74. The zero-order valence-electron chi connectivity index (χ0n) is 8.58. The monoisotopic (exact) mass is 186 g/mol. The summed E-state index contributed by atoms with van der Waals surface area (Å²) in [5, 5.41) is 9.15. The average molecular weight is 186 g/mol. The minimum atomic E-state index is 0.194. The molecule has 0 aromatic heterocycles. The number of rotatable bonds is 7. The molecular formula is C10H22N2O. The summed E-state index contributed by atoms with van der Waals surface area (Å²) < 4.78 is 0. The van der Waals surface area contributed by atoms with Crippen molar-refractivity contribution >= 4 is 0 Å². The molecule has 0 amide bonds. The number of hydrogen-bond donors (Lipinski definition) is 2.